The zero-order chi connectivity index (χ0) is 12.2. The van der Waals surface area contributed by atoms with E-state index in [1.54, 1.807) is 14.2 Å². The van der Waals surface area contributed by atoms with Crippen LogP contribution < -0.4 is 9.47 Å². The summed E-state index contributed by atoms with van der Waals surface area (Å²) in [5.41, 5.74) is 1.09. The molecule has 2 nitrogen and oxygen atoms in total. The van der Waals surface area contributed by atoms with Crippen molar-refractivity contribution in [2.24, 2.45) is 0 Å². The summed E-state index contributed by atoms with van der Waals surface area (Å²) in [5, 5.41) is 0. The van der Waals surface area contributed by atoms with Gasteiger partial charge in [0.25, 0.3) is 0 Å². The van der Waals surface area contributed by atoms with E-state index in [1.807, 2.05) is 18.2 Å². The molecule has 0 saturated heterocycles. The van der Waals surface area contributed by atoms with Crippen LogP contribution in [0.3, 0.4) is 0 Å². The number of ether oxygens (including phenoxy) is 2. The molecule has 0 amide bonds. The van der Waals surface area contributed by atoms with E-state index < -0.39 is 18.4 Å². The topological polar surface area (TPSA) is 18.5 Å². The van der Waals surface area contributed by atoms with Crippen molar-refractivity contribution in [3.05, 3.63) is 27.9 Å². The molecule has 1 rings (SSSR count). The first-order valence-corrected chi connectivity index (χ1v) is 15.6. The number of hydrogen-bond acceptors (Lipinski definition) is 2. The molecular formula is C13H20O2Sn. The molecule has 0 atom stereocenters. The second-order valence-corrected chi connectivity index (χ2v) is 19.3. The maximum atomic E-state index is 5.33. The number of benzene rings is 1. The van der Waals surface area contributed by atoms with Gasteiger partial charge in [0.15, 0.2) is 0 Å². The Morgan fingerprint density at radius 1 is 1.06 bits per heavy atom. The van der Waals surface area contributed by atoms with E-state index in [4.69, 9.17) is 9.47 Å². The van der Waals surface area contributed by atoms with Crippen molar-refractivity contribution >= 4 is 24.5 Å². The van der Waals surface area contributed by atoms with E-state index >= 15 is 0 Å². The molecule has 0 aromatic heterocycles. The summed E-state index contributed by atoms with van der Waals surface area (Å²) < 4.78 is 12.9. The fourth-order valence-corrected chi connectivity index (χ4v) is 3.25. The van der Waals surface area contributed by atoms with Gasteiger partial charge in [-0.3, -0.25) is 0 Å². The van der Waals surface area contributed by atoms with Crippen molar-refractivity contribution < 1.29 is 9.47 Å². The van der Waals surface area contributed by atoms with Gasteiger partial charge in [0.05, 0.1) is 0 Å². The molecule has 0 aliphatic heterocycles. The maximum absolute atomic E-state index is 5.33. The summed E-state index contributed by atoms with van der Waals surface area (Å²) in [5.74, 6) is 1.76. The molecule has 0 spiro atoms. The molecule has 16 heavy (non-hydrogen) atoms. The number of rotatable bonds is 4. The van der Waals surface area contributed by atoms with Crippen LogP contribution in [0.5, 0.6) is 11.5 Å². The minimum atomic E-state index is -1.87. The molecule has 1 aromatic carbocycles. The van der Waals surface area contributed by atoms with Gasteiger partial charge in [0, 0.05) is 0 Å². The van der Waals surface area contributed by atoms with Crippen molar-refractivity contribution in [1.82, 2.24) is 0 Å². The monoisotopic (exact) mass is 328 g/mol. The first-order chi connectivity index (χ1) is 7.46. The number of methoxy groups -OCH3 is 2. The molecule has 0 aliphatic rings. The van der Waals surface area contributed by atoms with Crippen LogP contribution in [0.4, 0.5) is 0 Å². The molecule has 0 aliphatic carbocycles. The third-order valence-electron chi connectivity index (χ3n) is 2.20. The Balaban J connectivity index is 3.05. The van der Waals surface area contributed by atoms with E-state index in [2.05, 4.69) is 25.0 Å². The summed E-state index contributed by atoms with van der Waals surface area (Å²) in [7, 11) is 3.37. The second kappa shape index (κ2) is 5.62. The van der Waals surface area contributed by atoms with Crippen LogP contribution in [0.2, 0.25) is 14.8 Å². The van der Waals surface area contributed by atoms with Crippen molar-refractivity contribution in [3.8, 4) is 11.5 Å². The van der Waals surface area contributed by atoms with Gasteiger partial charge >= 0.3 is 102 Å². The van der Waals surface area contributed by atoms with E-state index in [0.717, 1.165) is 17.1 Å². The molecule has 0 bridgehead atoms. The van der Waals surface area contributed by atoms with E-state index in [0.29, 0.717) is 0 Å². The fraction of sp³-hybridized carbons (Fsp3) is 0.385. The van der Waals surface area contributed by atoms with Crippen molar-refractivity contribution in [1.29, 1.82) is 0 Å². The first-order valence-electron chi connectivity index (χ1n) is 5.37. The van der Waals surface area contributed by atoms with Crippen molar-refractivity contribution in [3.63, 3.8) is 0 Å². The van der Waals surface area contributed by atoms with E-state index in [9.17, 15) is 0 Å². The molecule has 0 N–H and O–H groups in total. The Labute approximate surface area is 102 Å². The van der Waals surface area contributed by atoms with Gasteiger partial charge in [-0.05, 0) is 0 Å². The third-order valence-corrected chi connectivity index (χ3v) is 5.53. The summed E-state index contributed by atoms with van der Waals surface area (Å²) >= 11 is -1.87. The Bertz CT molecular complexity index is 378. The van der Waals surface area contributed by atoms with Gasteiger partial charge in [0.2, 0.25) is 0 Å². The SMILES string of the molecule is COc1ccc(OC)c(/C=[CH]/[Sn]([CH3])([CH3])[CH3])c1. The third kappa shape index (κ3) is 4.08. The average Bonchev–Trinajstić information content (AvgIpc) is 2.25. The molecule has 0 fully saturated rings. The molecule has 3 heteroatoms. The zero-order valence-electron chi connectivity index (χ0n) is 10.7. The van der Waals surface area contributed by atoms with Gasteiger partial charge in [-0.25, -0.2) is 0 Å². The summed E-state index contributed by atoms with van der Waals surface area (Å²) in [6.07, 6.45) is 2.16. The van der Waals surface area contributed by atoms with Crippen LogP contribution in [0, 0.1) is 0 Å². The average molecular weight is 327 g/mol. The predicted molar refractivity (Wildman–Crippen MR) is 71.9 cm³/mol. The molecule has 88 valence electrons. The molecule has 0 radical (unpaired) electrons. The quantitative estimate of drug-likeness (QED) is 0.787. The van der Waals surface area contributed by atoms with Crippen LogP contribution in [0.1, 0.15) is 5.56 Å². The second-order valence-electron chi connectivity index (χ2n) is 4.81. The first kappa shape index (κ1) is 13.4. The van der Waals surface area contributed by atoms with Gasteiger partial charge in [-0.2, -0.15) is 0 Å². The molecular weight excluding hydrogens is 307 g/mol. The van der Waals surface area contributed by atoms with Crippen molar-refractivity contribution in [2.75, 3.05) is 14.2 Å². The van der Waals surface area contributed by atoms with Crippen LogP contribution in [-0.2, 0) is 0 Å². The standard InChI is InChI=1S/C10H11O2.3CH3.Sn/c1-4-8-7-9(11-2)5-6-10(8)12-3;;;;/h1,4-7H,2-3H3;3*1H3;. The predicted octanol–water partition coefficient (Wildman–Crippen LogP) is 3.59. The van der Waals surface area contributed by atoms with Gasteiger partial charge in [-0.1, -0.05) is 0 Å². The fourth-order valence-electron chi connectivity index (χ4n) is 1.31. The van der Waals surface area contributed by atoms with Gasteiger partial charge in [0.1, 0.15) is 0 Å². The minimum absolute atomic E-state index is 0.865. The van der Waals surface area contributed by atoms with Crippen LogP contribution >= 0.6 is 0 Å². The molecule has 1 aromatic rings. The van der Waals surface area contributed by atoms with Crippen LogP contribution in [0.15, 0.2) is 22.3 Å². The zero-order valence-corrected chi connectivity index (χ0v) is 13.6. The summed E-state index contributed by atoms with van der Waals surface area (Å²) in [4.78, 5) is 7.12. The normalized spacial score (nSPS) is 11.8. The Hall–Kier alpha value is -0.641. The Morgan fingerprint density at radius 2 is 1.75 bits per heavy atom. The Kier molecular flexibility index (Phi) is 4.71. The summed E-state index contributed by atoms with van der Waals surface area (Å²) in [6.45, 7) is 0. The summed E-state index contributed by atoms with van der Waals surface area (Å²) in [6, 6.07) is 5.86. The number of hydrogen-bond donors (Lipinski definition) is 0. The Morgan fingerprint density at radius 3 is 2.25 bits per heavy atom. The molecule has 0 unspecified atom stereocenters. The van der Waals surface area contributed by atoms with E-state index in [1.165, 1.54) is 0 Å². The van der Waals surface area contributed by atoms with Crippen LogP contribution in [-0.4, -0.2) is 32.6 Å². The van der Waals surface area contributed by atoms with Gasteiger partial charge < -0.3 is 0 Å². The van der Waals surface area contributed by atoms with Crippen molar-refractivity contribution in [2.45, 2.75) is 14.8 Å². The van der Waals surface area contributed by atoms with E-state index in [-0.39, 0.29) is 0 Å². The molecule has 0 saturated carbocycles. The van der Waals surface area contributed by atoms with Gasteiger partial charge in [-0.15, -0.1) is 0 Å². The van der Waals surface area contributed by atoms with Crippen LogP contribution in [0.25, 0.3) is 6.08 Å². The molecule has 0 heterocycles.